The zero-order valence-electron chi connectivity index (χ0n) is 15.2. The van der Waals surface area contributed by atoms with Gasteiger partial charge in [-0.25, -0.2) is 4.79 Å². The molecule has 0 N–H and O–H groups in total. The molecular weight excluding hydrogens is 384 g/mol. The van der Waals surface area contributed by atoms with Gasteiger partial charge in [0.15, 0.2) is 6.61 Å². The van der Waals surface area contributed by atoms with E-state index in [2.05, 4.69) is 10.1 Å². The summed E-state index contributed by atoms with van der Waals surface area (Å²) >= 11 is 6.03. The van der Waals surface area contributed by atoms with E-state index in [4.69, 9.17) is 30.3 Å². The maximum absolute atomic E-state index is 11.9. The summed E-state index contributed by atoms with van der Waals surface area (Å²) < 4.78 is 20.7. The number of hydrogen-bond donors (Lipinski definition) is 0. The van der Waals surface area contributed by atoms with Crippen LogP contribution in [0.15, 0.2) is 53.1 Å². The Hall–Kier alpha value is -3.32. The van der Waals surface area contributed by atoms with E-state index in [-0.39, 0.29) is 12.5 Å². The minimum atomic E-state index is -0.554. The molecule has 0 bridgehead atoms. The summed E-state index contributed by atoms with van der Waals surface area (Å²) in [6.07, 6.45) is 2.86. The number of rotatable bonds is 7. The lowest BCUT2D eigenvalue weighted by molar-refractivity contribution is -0.139. The highest BCUT2D eigenvalue weighted by molar-refractivity contribution is 6.32. The first-order valence-corrected chi connectivity index (χ1v) is 8.63. The normalized spacial score (nSPS) is 10.8. The Labute approximate surface area is 166 Å². The lowest BCUT2D eigenvalue weighted by Crippen LogP contribution is -2.01. The summed E-state index contributed by atoms with van der Waals surface area (Å²) in [5.74, 6) is 1.10. The minimum Gasteiger partial charge on any atom is -0.497 e. The average Bonchev–Trinajstić information content (AvgIpc) is 3.20. The molecule has 3 rings (SSSR count). The third-order valence-electron chi connectivity index (χ3n) is 3.76. The molecule has 0 saturated carbocycles. The van der Waals surface area contributed by atoms with E-state index >= 15 is 0 Å². The summed E-state index contributed by atoms with van der Waals surface area (Å²) in [5, 5.41) is 4.44. The van der Waals surface area contributed by atoms with E-state index < -0.39 is 5.97 Å². The SMILES string of the molecule is COc1ccc(-c2noc(COC(=O)/C=C/c3ccccc3Cl)n2)c(OC)c1. The number of carbonyl (C=O) groups excluding carboxylic acids is 1. The van der Waals surface area contributed by atoms with E-state index in [0.717, 1.165) is 0 Å². The number of methoxy groups -OCH3 is 2. The largest absolute Gasteiger partial charge is 0.497 e. The summed E-state index contributed by atoms with van der Waals surface area (Å²) in [4.78, 5) is 16.1. The number of aromatic nitrogens is 2. The third kappa shape index (κ3) is 4.69. The average molecular weight is 401 g/mol. The van der Waals surface area contributed by atoms with Gasteiger partial charge in [0, 0.05) is 17.2 Å². The Bertz CT molecular complexity index is 1000. The highest BCUT2D eigenvalue weighted by Crippen LogP contribution is 2.31. The lowest BCUT2D eigenvalue weighted by Gasteiger charge is -2.07. The van der Waals surface area contributed by atoms with Crippen molar-refractivity contribution in [2.45, 2.75) is 6.61 Å². The van der Waals surface area contributed by atoms with Crippen LogP contribution in [0.3, 0.4) is 0 Å². The van der Waals surface area contributed by atoms with E-state index in [1.54, 1.807) is 43.5 Å². The molecule has 0 saturated heterocycles. The molecule has 0 radical (unpaired) electrons. The van der Waals surface area contributed by atoms with Gasteiger partial charge in [-0.1, -0.05) is 35.0 Å². The van der Waals surface area contributed by atoms with Gasteiger partial charge in [0.2, 0.25) is 5.82 Å². The maximum Gasteiger partial charge on any atom is 0.331 e. The number of benzene rings is 2. The molecule has 0 amide bonds. The smallest absolute Gasteiger partial charge is 0.331 e. The monoisotopic (exact) mass is 400 g/mol. The fourth-order valence-electron chi connectivity index (χ4n) is 2.36. The van der Waals surface area contributed by atoms with Crippen LogP contribution in [-0.4, -0.2) is 30.3 Å². The van der Waals surface area contributed by atoms with Crippen LogP contribution in [0.25, 0.3) is 17.5 Å². The second-order valence-electron chi connectivity index (χ2n) is 5.54. The van der Waals surface area contributed by atoms with Gasteiger partial charge in [-0.05, 0) is 29.8 Å². The highest BCUT2D eigenvalue weighted by Gasteiger charge is 2.15. The van der Waals surface area contributed by atoms with Gasteiger partial charge in [-0.2, -0.15) is 4.98 Å². The van der Waals surface area contributed by atoms with Crippen molar-refractivity contribution < 1.29 is 23.5 Å². The molecule has 1 heterocycles. The van der Waals surface area contributed by atoms with Gasteiger partial charge < -0.3 is 18.7 Å². The molecule has 0 atom stereocenters. The van der Waals surface area contributed by atoms with E-state index in [0.29, 0.717) is 33.5 Å². The first-order chi connectivity index (χ1) is 13.6. The van der Waals surface area contributed by atoms with Crippen molar-refractivity contribution in [3.8, 4) is 22.9 Å². The van der Waals surface area contributed by atoms with Crippen LogP contribution in [-0.2, 0) is 16.1 Å². The molecule has 3 aromatic rings. The van der Waals surface area contributed by atoms with E-state index in [1.807, 2.05) is 12.1 Å². The maximum atomic E-state index is 11.9. The van der Waals surface area contributed by atoms with Crippen molar-refractivity contribution in [2.75, 3.05) is 14.2 Å². The van der Waals surface area contributed by atoms with Crippen LogP contribution in [0, 0.1) is 0 Å². The topological polar surface area (TPSA) is 83.7 Å². The third-order valence-corrected chi connectivity index (χ3v) is 4.10. The number of carbonyl (C=O) groups is 1. The van der Waals surface area contributed by atoms with Gasteiger partial charge in [-0.3, -0.25) is 0 Å². The molecule has 0 aliphatic carbocycles. The molecule has 0 unspecified atom stereocenters. The van der Waals surface area contributed by atoms with Crippen molar-refractivity contribution in [3.05, 3.63) is 65.0 Å². The van der Waals surface area contributed by atoms with E-state index in [9.17, 15) is 4.79 Å². The first kappa shape index (κ1) is 19.4. The minimum absolute atomic E-state index is 0.156. The fourth-order valence-corrected chi connectivity index (χ4v) is 2.55. The molecule has 7 nitrogen and oxygen atoms in total. The second kappa shape index (κ2) is 9.05. The second-order valence-corrected chi connectivity index (χ2v) is 5.95. The Morgan fingerprint density at radius 1 is 1.18 bits per heavy atom. The van der Waals surface area contributed by atoms with E-state index in [1.165, 1.54) is 13.2 Å². The number of nitrogens with zero attached hydrogens (tertiary/aromatic N) is 2. The summed E-state index contributed by atoms with van der Waals surface area (Å²) in [5.41, 5.74) is 1.34. The molecule has 0 fully saturated rings. The summed E-state index contributed by atoms with van der Waals surface area (Å²) in [6.45, 7) is -0.156. The van der Waals surface area contributed by atoms with Crippen molar-refractivity contribution >= 4 is 23.6 Å². The molecule has 0 aliphatic rings. The van der Waals surface area contributed by atoms with Crippen molar-refractivity contribution in [1.29, 1.82) is 0 Å². The zero-order chi connectivity index (χ0) is 19.9. The number of halogens is 1. The molecule has 1 aromatic heterocycles. The Kier molecular flexibility index (Phi) is 6.29. The van der Waals surface area contributed by atoms with Crippen LogP contribution in [0.5, 0.6) is 11.5 Å². The van der Waals surface area contributed by atoms with Gasteiger partial charge in [0.1, 0.15) is 11.5 Å². The molecule has 2 aromatic carbocycles. The Morgan fingerprint density at radius 2 is 2.00 bits per heavy atom. The molecule has 28 heavy (non-hydrogen) atoms. The predicted octanol–water partition coefficient (Wildman–Crippen LogP) is 4.16. The fraction of sp³-hybridized carbons (Fsp3) is 0.150. The van der Waals surface area contributed by atoms with Crippen LogP contribution in [0.4, 0.5) is 0 Å². The van der Waals surface area contributed by atoms with Crippen molar-refractivity contribution in [1.82, 2.24) is 10.1 Å². The van der Waals surface area contributed by atoms with Crippen LogP contribution >= 0.6 is 11.6 Å². The predicted molar refractivity (Wildman–Crippen MR) is 103 cm³/mol. The van der Waals surface area contributed by atoms with Crippen LogP contribution in [0.1, 0.15) is 11.5 Å². The molecular formula is C20H17ClN2O5. The zero-order valence-corrected chi connectivity index (χ0v) is 16.0. The van der Waals surface area contributed by atoms with Gasteiger partial charge in [0.25, 0.3) is 5.89 Å². The molecule has 8 heteroatoms. The summed E-state index contributed by atoms with van der Waals surface area (Å²) in [7, 11) is 3.10. The quantitative estimate of drug-likeness (QED) is 0.434. The standard InChI is InChI=1S/C20H17ClN2O5/c1-25-14-8-9-15(17(11-14)26-2)20-22-18(28-23-20)12-27-19(24)10-7-13-5-3-4-6-16(13)21/h3-11H,12H2,1-2H3/b10-7+. The number of hydrogen-bond acceptors (Lipinski definition) is 7. The van der Waals surface area contributed by atoms with Gasteiger partial charge in [0.05, 0.1) is 19.8 Å². The van der Waals surface area contributed by atoms with Gasteiger partial charge >= 0.3 is 5.97 Å². The molecule has 0 aliphatic heterocycles. The van der Waals surface area contributed by atoms with Crippen LogP contribution in [0.2, 0.25) is 5.02 Å². The van der Waals surface area contributed by atoms with Crippen molar-refractivity contribution in [2.24, 2.45) is 0 Å². The molecule has 144 valence electrons. The Morgan fingerprint density at radius 3 is 2.75 bits per heavy atom. The summed E-state index contributed by atoms with van der Waals surface area (Å²) in [6, 6.07) is 12.4. The van der Waals surface area contributed by atoms with Gasteiger partial charge in [-0.15, -0.1) is 0 Å². The number of esters is 1. The number of ether oxygens (including phenoxy) is 3. The van der Waals surface area contributed by atoms with Crippen LogP contribution < -0.4 is 9.47 Å². The Balaban J connectivity index is 1.64. The molecule has 0 spiro atoms. The highest BCUT2D eigenvalue weighted by atomic mass is 35.5. The first-order valence-electron chi connectivity index (χ1n) is 8.25. The van der Waals surface area contributed by atoms with Crippen molar-refractivity contribution in [3.63, 3.8) is 0 Å². The lowest BCUT2D eigenvalue weighted by atomic mass is 10.2.